The highest BCUT2D eigenvalue weighted by Gasteiger charge is 2.60. The molecule has 0 saturated heterocycles. The molecule has 0 nitrogen and oxygen atoms in total. The SMILES string of the molecule is ClC(Cl)(Cl)C(Cl)(Cl)C(Cl)(Cl)c1[c]c2ccccc2cc1. The third-order valence-electron chi connectivity index (χ3n) is 2.75. The van der Waals surface area contributed by atoms with Gasteiger partial charge in [0.2, 0.25) is 8.13 Å². The van der Waals surface area contributed by atoms with Crippen LogP contribution < -0.4 is 0 Å². The van der Waals surface area contributed by atoms with Gasteiger partial charge in [-0.3, -0.25) is 0 Å². The Morgan fingerprint density at radius 1 is 0.750 bits per heavy atom. The fraction of sp³-hybridized carbons (Fsp3) is 0.231. The van der Waals surface area contributed by atoms with Crippen LogP contribution in [0, 0.1) is 6.07 Å². The second-order valence-corrected chi connectivity index (χ2v) is 9.04. The fourth-order valence-electron chi connectivity index (χ4n) is 1.65. The minimum atomic E-state index is -2.08. The number of rotatable bonds is 2. The van der Waals surface area contributed by atoms with Crippen LogP contribution in [0.3, 0.4) is 0 Å². The van der Waals surface area contributed by atoms with E-state index in [1.54, 1.807) is 6.07 Å². The molecule has 0 unspecified atom stereocenters. The maximum Gasteiger partial charge on any atom is 0.226 e. The predicted molar refractivity (Wildman–Crippen MR) is 90.9 cm³/mol. The molecule has 20 heavy (non-hydrogen) atoms. The van der Waals surface area contributed by atoms with Gasteiger partial charge in [-0.25, -0.2) is 0 Å². The van der Waals surface area contributed by atoms with Crippen LogP contribution in [0.2, 0.25) is 0 Å². The summed E-state index contributed by atoms with van der Waals surface area (Å²) in [5, 5.41) is 1.76. The van der Waals surface area contributed by atoms with Crippen molar-refractivity contribution in [3.05, 3.63) is 48.0 Å². The summed E-state index contributed by atoms with van der Waals surface area (Å²) in [7, 11) is 0. The summed E-state index contributed by atoms with van der Waals surface area (Å²) in [5.74, 6) is 0. The van der Waals surface area contributed by atoms with Gasteiger partial charge in [0.25, 0.3) is 0 Å². The quantitative estimate of drug-likeness (QED) is 0.477. The van der Waals surface area contributed by atoms with E-state index < -0.39 is 12.5 Å². The van der Waals surface area contributed by atoms with Gasteiger partial charge < -0.3 is 0 Å². The largest absolute Gasteiger partial charge is 0.226 e. The smallest absolute Gasteiger partial charge is 0.0930 e. The Balaban J connectivity index is 2.57. The van der Waals surface area contributed by atoms with Gasteiger partial charge in [-0.05, 0) is 22.4 Å². The number of halogens is 7. The minimum absolute atomic E-state index is 0.316. The van der Waals surface area contributed by atoms with Gasteiger partial charge in [-0.15, -0.1) is 0 Å². The molecule has 2 rings (SSSR count). The van der Waals surface area contributed by atoms with E-state index in [0.29, 0.717) is 5.56 Å². The number of hydrogen-bond acceptors (Lipinski definition) is 0. The Kier molecular flexibility index (Phi) is 4.90. The molecule has 0 fully saturated rings. The van der Waals surface area contributed by atoms with Crippen LogP contribution in [0.15, 0.2) is 36.4 Å². The van der Waals surface area contributed by atoms with Crippen molar-refractivity contribution in [3.63, 3.8) is 0 Å². The average molecular weight is 410 g/mol. The van der Waals surface area contributed by atoms with Crippen LogP contribution >= 0.6 is 81.2 Å². The molecule has 0 spiro atoms. The molecule has 0 aliphatic carbocycles. The Morgan fingerprint density at radius 3 is 1.95 bits per heavy atom. The van der Waals surface area contributed by atoms with E-state index in [2.05, 4.69) is 6.07 Å². The molecular weight excluding hydrogens is 404 g/mol. The molecule has 0 aliphatic heterocycles. The van der Waals surface area contributed by atoms with Gasteiger partial charge in [-0.2, -0.15) is 0 Å². The summed E-state index contributed by atoms with van der Waals surface area (Å²) < 4.78 is -6.00. The zero-order valence-corrected chi connectivity index (χ0v) is 14.9. The Bertz CT molecular complexity index is 628. The number of alkyl halides is 7. The molecule has 0 amide bonds. The molecule has 2 aromatic rings. The van der Waals surface area contributed by atoms with Crippen molar-refractivity contribution in [1.29, 1.82) is 0 Å². The van der Waals surface area contributed by atoms with E-state index in [1.807, 2.05) is 30.3 Å². The zero-order chi connectivity index (χ0) is 15.2. The lowest BCUT2D eigenvalue weighted by molar-refractivity contribution is 0.699. The molecule has 1 radical (unpaired) electrons. The van der Waals surface area contributed by atoms with E-state index >= 15 is 0 Å². The third kappa shape index (κ3) is 2.94. The van der Waals surface area contributed by atoms with Crippen LogP contribution in [0.25, 0.3) is 10.8 Å². The summed E-state index contributed by atoms with van der Waals surface area (Å²) in [6.07, 6.45) is 0. The number of fused-ring (bicyclic) bond motifs is 1. The van der Waals surface area contributed by atoms with E-state index in [9.17, 15) is 0 Å². The lowest BCUT2D eigenvalue weighted by atomic mass is 10.0. The summed E-state index contributed by atoms with van der Waals surface area (Å²) in [6.45, 7) is 0. The van der Waals surface area contributed by atoms with Crippen LogP contribution in [0.4, 0.5) is 0 Å². The highest BCUT2D eigenvalue weighted by molar-refractivity contribution is 6.78. The molecular formula is C13H6Cl7. The Hall–Kier alpha value is 0.730. The molecule has 0 heterocycles. The molecule has 0 bridgehead atoms. The first-order valence-corrected chi connectivity index (χ1v) is 7.96. The van der Waals surface area contributed by atoms with Crippen LogP contribution in [-0.2, 0) is 4.33 Å². The molecule has 0 saturated carbocycles. The lowest BCUT2D eigenvalue weighted by Crippen LogP contribution is -2.45. The standard InChI is InChI=1S/C13H6Cl7/c14-11(15,12(16,17)13(18,19)20)10-6-5-8-3-1-2-4-9(8)7-10/h1-6H. The fourth-order valence-corrected chi connectivity index (χ4v) is 3.07. The molecule has 0 N–H and O–H groups in total. The highest BCUT2D eigenvalue weighted by atomic mass is 35.6. The summed E-state index contributed by atoms with van der Waals surface area (Å²) in [5.41, 5.74) is 0.316. The van der Waals surface area contributed by atoms with Crippen molar-refractivity contribution in [1.82, 2.24) is 0 Å². The van der Waals surface area contributed by atoms with Crippen LogP contribution in [-0.4, -0.2) is 8.13 Å². The summed E-state index contributed by atoms with van der Waals surface area (Å²) in [6, 6.07) is 14.0. The van der Waals surface area contributed by atoms with Crippen molar-refractivity contribution < 1.29 is 0 Å². The van der Waals surface area contributed by atoms with Gasteiger partial charge >= 0.3 is 0 Å². The molecule has 107 valence electrons. The van der Waals surface area contributed by atoms with E-state index in [1.165, 1.54) is 0 Å². The first kappa shape index (κ1) is 17.1. The highest BCUT2D eigenvalue weighted by Crippen LogP contribution is 2.60. The number of benzene rings is 2. The molecule has 0 aliphatic rings. The second kappa shape index (κ2) is 5.74. The van der Waals surface area contributed by atoms with E-state index in [4.69, 9.17) is 81.2 Å². The average Bonchev–Trinajstić information content (AvgIpc) is 2.36. The molecule has 0 aromatic heterocycles. The normalized spacial score (nSPS) is 13.8. The Labute approximate surface area is 151 Å². The van der Waals surface area contributed by atoms with Gasteiger partial charge in [0.1, 0.15) is 0 Å². The number of hydrogen-bond donors (Lipinski definition) is 0. The van der Waals surface area contributed by atoms with Crippen molar-refractivity contribution in [3.8, 4) is 0 Å². The van der Waals surface area contributed by atoms with Gasteiger partial charge in [0, 0.05) is 0 Å². The van der Waals surface area contributed by atoms with Crippen LogP contribution in [0.5, 0.6) is 0 Å². The predicted octanol–water partition coefficient (Wildman–Crippen LogP) is 6.81. The first-order valence-electron chi connectivity index (χ1n) is 5.31. The van der Waals surface area contributed by atoms with Gasteiger partial charge in [0.05, 0.1) is 0 Å². The second-order valence-electron chi connectivity index (χ2n) is 4.11. The lowest BCUT2D eigenvalue weighted by Gasteiger charge is -2.37. The third-order valence-corrected chi connectivity index (χ3v) is 6.67. The van der Waals surface area contributed by atoms with Crippen molar-refractivity contribution >= 4 is 92.0 Å². The summed E-state index contributed by atoms with van der Waals surface area (Å²) >= 11 is 41.9. The maximum atomic E-state index is 6.26. The molecule has 2 aromatic carbocycles. The van der Waals surface area contributed by atoms with Crippen LogP contribution in [0.1, 0.15) is 5.56 Å². The van der Waals surface area contributed by atoms with Gasteiger partial charge in [-0.1, -0.05) is 118 Å². The molecule has 0 atom stereocenters. The monoisotopic (exact) mass is 407 g/mol. The maximum absolute atomic E-state index is 6.26. The van der Waals surface area contributed by atoms with Crippen molar-refractivity contribution in [2.24, 2.45) is 0 Å². The topological polar surface area (TPSA) is 0 Å². The minimum Gasteiger partial charge on any atom is -0.0930 e. The molecule has 7 heteroatoms. The summed E-state index contributed by atoms with van der Waals surface area (Å²) in [4.78, 5) is 0. The van der Waals surface area contributed by atoms with Crippen molar-refractivity contribution in [2.75, 3.05) is 0 Å². The first-order chi connectivity index (χ1) is 9.07. The van der Waals surface area contributed by atoms with E-state index in [0.717, 1.165) is 10.8 Å². The van der Waals surface area contributed by atoms with Gasteiger partial charge in [0.15, 0.2) is 4.33 Å². The zero-order valence-electron chi connectivity index (χ0n) is 9.61. The van der Waals surface area contributed by atoms with Crippen molar-refractivity contribution in [2.45, 2.75) is 12.5 Å². The van der Waals surface area contributed by atoms with E-state index in [-0.39, 0.29) is 0 Å². The Morgan fingerprint density at radius 2 is 1.35 bits per heavy atom.